The molecule has 6 heteroatoms. The fraction of sp³-hybridized carbons (Fsp3) is 0.895. The molecule has 2 aliphatic heterocycles. The maximum atomic E-state index is 12.1. The van der Waals surface area contributed by atoms with Crippen molar-refractivity contribution in [2.75, 3.05) is 33.3 Å². The van der Waals surface area contributed by atoms with Crippen LogP contribution < -0.4 is 0 Å². The Kier molecular flexibility index (Phi) is 7.11. The van der Waals surface area contributed by atoms with Gasteiger partial charge < -0.3 is 19.3 Å². The minimum Gasteiger partial charge on any atom is -0.469 e. The summed E-state index contributed by atoms with van der Waals surface area (Å²) in [5, 5.41) is 0. The highest BCUT2D eigenvalue weighted by Crippen LogP contribution is 2.27. The van der Waals surface area contributed by atoms with Gasteiger partial charge in [-0.3, -0.25) is 4.79 Å². The third-order valence-corrected chi connectivity index (χ3v) is 5.27. The predicted octanol–water partition coefficient (Wildman–Crippen LogP) is 3.05. The van der Waals surface area contributed by atoms with Crippen molar-refractivity contribution in [2.45, 2.75) is 70.9 Å². The average Bonchev–Trinajstić information content (AvgIpc) is 2.59. The standard InChI is InChI=1S/C19H34N2O4/c1-19(2,3)25-18(23)21-13-9-16(10-14-21)20-11-7-15(8-12-20)5-6-17(22)24-4/h15-16H,5-14H2,1-4H3. The lowest BCUT2D eigenvalue weighted by atomic mass is 9.90. The van der Waals surface area contributed by atoms with E-state index in [2.05, 4.69) is 4.90 Å². The van der Waals surface area contributed by atoms with Crippen LogP contribution in [-0.2, 0) is 14.3 Å². The summed E-state index contributed by atoms with van der Waals surface area (Å²) < 4.78 is 10.2. The lowest BCUT2D eigenvalue weighted by molar-refractivity contribution is -0.141. The third kappa shape index (κ3) is 6.49. The summed E-state index contributed by atoms with van der Waals surface area (Å²) in [5.41, 5.74) is -0.431. The van der Waals surface area contributed by atoms with Crippen molar-refractivity contribution in [1.29, 1.82) is 0 Å². The number of piperidine rings is 2. The van der Waals surface area contributed by atoms with Crippen LogP contribution in [0.3, 0.4) is 0 Å². The van der Waals surface area contributed by atoms with E-state index >= 15 is 0 Å². The molecule has 2 heterocycles. The van der Waals surface area contributed by atoms with E-state index in [9.17, 15) is 9.59 Å². The van der Waals surface area contributed by atoms with E-state index < -0.39 is 5.60 Å². The summed E-state index contributed by atoms with van der Waals surface area (Å²) in [7, 11) is 1.45. The first-order valence-corrected chi connectivity index (χ1v) is 9.57. The van der Waals surface area contributed by atoms with Crippen molar-refractivity contribution in [3.63, 3.8) is 0 Å². The average molecular weight is 354 g/mol. The van der Waals surface area contributed by atoms with Crippen LogP contribution in [0.4, 0.5) is 4.79 Å². The normalized spacial score (nSPS) is 21.2. The summed E-state index contributed by atoms with van der Waals surface area (Å²) in [5.74, 6) is 0.536. The summed E-state index contributed by atoms with van der Waals surface area (Å²) in [6, 6.07) is 0.570. The van der Waals surface area contributed by atoms with Crippen LogP contribution in [0.25, 0.3) is 0 Å². The number of rotatable bonds is 4. The quantitative estimate of drug-likeness (QED) is 0.726. The minimum absolute atomic E-state index is 0.100. The Labute approximate surface area is 151 Å². The number of esters is 1. The van der Waals surface area contributed by atoms with Crippen molar-refractivity contribution < 1.29 is 19.1 Å². The van der Waals surface area contributed by atoms with Gasteiger partial charge in [-0.15, -0.1) is 0 Å². The number of amides is 1. The molecule has 2 saturated heterocycles. The van der Waals surface area contributed by atoms with Crippen LogP contribution in [0.15, 0.2) is 0 Å². The van der Waals surface area contributed by atoms with E-state index in [1.165, 1.54) is 7.11 Å². The van der Waals surface area contributed by atoms with E-state index in [-0.39, 0.29) is 12.1 Å². The molecule has 0 atom stereocenters. The van der Waals surface area contributed by atoms with Gasteiger partial charge in [0.1, 0.15) is 5.60 Å². The van der Waals surface area contributed by atoms with Gasteiger partial charge in [-0.1, -0.05) is 0 Å². The van der Waals surface area contributed by atoms with Crippen LogP contribution >= 0.6 is 0 Å². The highest BCUT2D eigenvalue weighted by Gasteiger charge is 2.31. The third-order valence-electron chi connectivity index (χ3n) is 5.27. The first-order chi connectivity index (χ1) is 11.8. The topological polar surface area (TPSA) is 59.1 Å². The van der Waals surface area contributed by atoms with Gasteiger partial charge >= 0.3 is 12.1 Å². The van der Waals surface area contributed by atoms with E-state index in [4.69, 9.17) is 9.47 Å². The van der Waals surface area contributed by atoms with Crippen molar-refractivity contribution in [2.24, 2.45) is 5.92 Å². The molecule has 25 heavy (non-hydrogen) atoms. The number of carbonyl (C=O) groups is 2. The predicted molar refractivity (Wildman–Crippen MR) is 96.4 cm³/mol. The van der Waals surface area contributed by atoms with Gasteiger partial charge in [-0.25, -0.2) is 4.79 Å². The smallest absolute Gasteiger partial charge is 0.410 e. The maximum absolute atomic E-state index is 12.1. The molecule has 0 saturated carbocycles. The zero-order valence-electron chi connectivity index (χ0n) is 16.3. The molecule has 2 aliphatic rings. The van der Waals surface area contributed by atoms with Crippen LogP contribution in [-0.4, -0.2) is 66.8 Å². The van der Waals surface area contributed by atoms with Gasteiger partial charge in [0.2, 0.25) is 0 Å². The number of hydrogen-bond donors (Lipinski definition) is 0. The second-order valence-corrected chi connectivity index (χ2v) is 8.29. The zero-order valence-corrected chi connectivity index (χ0v) is 16.3. The molecule has 0 N–H and O–H groups in total. The number of hydrogen-bond acceptors (Lipinski definition) is 5. The van der Waals surface area contributed by atoms with Crippen LogP contribution in [0.2, 0.25) is 0 Å². The fourth-order valence-electron chi connectivity index (χ4n) is 3.77. The Morgan fingerprint density at radius 3 is 2.12 bits per heavy atom. The summed E-state index contributed by atoms with van der Waals surface area (Å²) in [4.78, 5) is 27.8. The van der Waals surface area contributed by atoms with E-state index in [1.807, 2.05) is 25.7 Å². The highest BCUT2D eigenvalue weighted by molar-refractivity contribution is 5.69. The molecule has 6 nitrogen and oxygen atoms in total. The van der Waals surface area contributed by atoms with Crippen LogP contribution in [0.1, 0.15) is 59.3 Å². The Morgan fingerprint density at radius 1 is 1.00 bits per heavy atom. The molecule has 0 radical (unpaired) electrons. The molecule has 0 aliphatic carbocycles. The lowest BCUT2D eigenvalue weighted by Gasteiger charge is -2.42. The molecule has 2 rings (SSSR count). The van der Waals surface area contributed by atoms with Gasteiger partial charge in [0.05, 0.1) is 7.11 Å². The van der Waals surface area contributed by atoms with Crippen molar-refractivity contribution in [1.82, 2.24) is 9.80 Å². The Bertz CT molecular complexity index is 445. The SMILES string of the molecule is COC(=O)CCC1CCN(C2CCN(C(=O)OC(C)(C)C)CC2)CC1. The second-order valence-electron chi connectivity index (χ2n) is 8.29. The van der Waals surface area contributed by atoms with Gasteiger partial charge in [0.25, 0.3) is 0 Å². The van der Waals surface area contributed by atoms with Crippen molar-refractivity contribution in [3.8, 4) is 0 Å². The molecule has 0 bridgehead atoms. The molecule has 0 spiro atoms. The summed E-state index contributed by atoms with van der Waals surface area (Å²) >= 11 is 0. The fourth-order valence-corrected chi connectivity index (χ4v) is 3.77. The number of nitrogens with zero attached hydrogens (tertiary/aromatic N) is 2. The monoisotopic (exact) mass is 354 g/mol. The Hall–Kier alpha value is -1.30. The number of methoxy groups -OCH3 is 1. The lowest BCUT2D eigenvalue weighted by Crippen LogP contribution is -2.49. The molecule has 0 unspecified atom stereocenters. The molecule has 0 aromatic rings. The van der Waals surface area contributed by atoms with Gasteiger partial charge in [-0.05, 0) is 71.9 Å². The van der Waals surface area contributed by atoms with E-state index in [1.54, 1.807) is 0 Å². The van der Waals surface area contributed by atoms with Crippen molar-refractivity contribution >= 4 is 12.1 Å². The van der Waals surface area contributed by atoms with Gasteiger partial charge in [0, 0.05) is 25.6 Å². The van der Waals surface area contributed by atoms with E-state index in [0.717, 1.165) is 58.3 Å². The molecule has 144 valence electrons. The molecule has 0 aromatic carbocycles. The summed E-state index contributed by atoms with van der Waals surface area (Å²) in [6.07, 6.45) is 5.64. The summed E-state index contributed by atoms with van der Waals surface area (Å²) in [6.45, 7) is 9.47. The molecule has 1 amide bonds. The highest BCUT2D eigenvalue weighted by atomic mass is 16.6. The maximum Gasteiger partial charge on any atom is 0.410 e. The van der Waals surface area contributed by atoms with Gasteiger partial charge in [0.15, 0.2) is 0 Å². The number of likely N-dealkylation sites (tertiary alicyclic amines) is 2. The van der Waals surface area contributed by atoms with Crippen LogP contribution in [0, 0.1) is 5.92 Å². The van der Waals surface area contributed by atoms with Crippen molar-refractivity contribution in [3.05, 3.63) is 0 Å². The van der Waals surface area contributed by atoms with E-state index in [0.29, 0.717) is 18.4 Å². The first-order valence-electron chi connectivity index (χ1n) is 9.57. The minimum atomic E-state index is -0.431. The second kappa shape index (κ2) is 8.88. The Balaban J connectivity index is 1.68. The Morgan fingerprint density at radius 2 is 1.60 bits per heavy atom. The molecule has 2 fully saturated rings. The van der Waals surface area contributed by atoms with Crippen LogP contribution in [0.5, 0.6) is 0 Å². The molecular formula is C19H34N2O4. The number of carbonyl (C=O) groups excluding carboxylic acids is 2. The molecular weight excluding hydrogens is 320 g/mol. The largest absolute Gasteiger partial charge is 0.469 e. The van der Waals surface area contributed by atoms with Gasteiger partial charge in [-0.2, -0.15) is 0 Å². The molecule has 0 aromatic heterocycles. The zero-order chi connectivity index (χ0) is 18.4. The number of ether oxygens (including phenoxy) is 2. The first kappa shape index (κ1) is 20.0.